The summed E-state index contributed by atoms with van der Waals surface area (Å²) in [5.74, 6) is 1.03. The molecule has 1 fully saturated rings. The number of hydrogen-bond donors (Lipinski definition) is 0. The van der Waals surface area contributed by atoms with Crippen molar-refractivity contribution in [2.24, 2.45) is 11.8 Å². The van der Waals surface area contributed by atoms with Gasteiger partial charge >= 0.3 is 6.09 Å². The number of hydrogen-bond acceptors (Lipinski definition) is 2. The minimum Gasteiger partial charge on any atom is -0.444 e. The summed E-state index contributed by atoms with van der Waals surface area (Å²) in [6.07, 6.45) is 3.24. The van der Waals surface area contributed by atoms with Gasteiger partial charge in [-0.3, -0.25) is 0 Å². The Morgan fingerprint density at radius 2 is 1.86 bits per heavy atom. The van der Waals surface area contributed by atoms with Gasteiger partial charge in [0.1, 0.15) is 5.60 Å². The molecule has 1 saturated heterocycles. The van der Waals surface area contributed by atoms with Crippen LogP contribution < -0.4 is 0 Å². The van der Waals surface area contributed by atoms with Crippen molar-refractivity contribution in [1.29, 1.82) is 0 Å². The lowest BCUT2D eigenvalue weighted by Crippen LogP contribution is -2.35. The monoisotopic (exact) mass is 301 g/mol. The van der Waals surface area contributed by atoms with E-state index in [1.165, 1.54) is 11.1 Å². The van der Waals surface area contributed by atoms with E-state index in [2.05, 4.69) is 30.3 Å². The number of fused-ring (bicyclic) bond motifs is 1. The van der Waals surface area contributed by atoms with Gasteiger partial charge in [0.05, 0.1) is 0 Å². The van der Waals surface area contributed by atoms with Crippen LogP contribution in [0.1, 0.15) is 40.2 Å². The molecular formula is C19H27NO2. The Bertz CT molecular complexity index is 557. The van der Waals surface area contributed by atoms with Crippen molar-refractivity contribution in [2.45, 2.75) is 40.2 Å². The van der Waals surface area contributed by atoms with E-state index >= 15 is 0 Å². The molecule has 0 spiro atoms. The first-order valence-electron chi connectivity index (χ1n) is 7.66. The third-order valence-electron chi connectivity index (χ3n) is 4.19. The van der Waals surface area contributed by atoms with Gasteiger partial charge in [-0.2, -0.15) is 0 Å². The van der Waals surface area contributed by atoms with Gasteiger partial charge in [-0.25, -0.2) is 4.79 Å². The van der Waals surface area contributed by atoms with Crippen LogP contribution in [0, 0.1) is 11.8 Å². The van der Waals surface area contributed by atoms with E-state index in [1.807, 2.05) is 31.7 Å². The molecule has 0 radical (unpaired) electrons. The second-order valence-electron chi connectivity index (χ2n) is 7.07. The van der Waals surface area contributed by atoms with Crippen LogP contribution in [0.4, 0.5) is 4.79 Å². The number of carbonyl (C=O) groups excluding carboxylic acids is 1. The highest BCUT2D eigenvalue weighted by atomic mass is 16.6. The van der Waals surface area contributed by atoms with E-state index in [0.29, 0.717) is 11.8 Å². The fraction of sp³-hybridized carbons (Fsp3) is 0.526. The van der Waals surface area contributed by atoms with Crippen LogP contribution in [0.2, 0.25) is 0 Å². The van der Waals surface area contributed by atoms with Crippen LogP contribution in [-0.4, -0.2) is 29.7 Å². The SMILES string of the molecule is C.CC(C)(C)OC(=O)N1CC2C=C(c3ccccc3)CC2C1. The zero-order valence-electron chi connectivity index (χ0n) is 13.0. The smallest absolute Gasteiger partial charge is 0.410 e. The number of carbonyl (C=O) groups is 1. The number of nitrogens with zero attached hydrogens (tertiary/aromatic N) is 1. The van der Waals surface area contributed by atoms with Crippen LogP contribution in [-0.2, 0) is 4.74 Å². The standard InChI is InChI=1S/C18H23NO2.CH4/c1-18(2,3)21-17(20)19-11-15-9-14(10-16(15)12-19)13-7-5-4-6-8-13;/h4-9,15-16H,10-12H2,1-3H3;1H4. The molecule has 22 heavy (non-hydrogen) atoms. The molecule has 3 nitrogen and oxygen atoms in total. The fourth-order valence-corrected chi connectivity index (χ4v) is 3.25. The van der Waals surface area contributed by atoms with Gasteiger partial charge in [-0.1, -0.05) is 43.8 Å². The Kier molecular flexibility index (Phi) is 4.64. The van der Waals surface area contributed by atoms with Crippen molar-refractivity contribution < 1.29 is 9.53 Å². The number of amides is 1. The van der Waals surface area contributed by atoms with Gasteiger partial charge in [-0.05, 0) is 50.2 Å². The predicted molar refractivity (Wildman–Crippen MR) is 90.6 cm³/mol. The zero-order chi connectivity index (χ0) is 15.0. The Balaban J connectivity index is 0.00000176. The molecule has 3 rings (SSSR count). The van der Waals surface area contributed by atoms with E-state index in [0.717, 1.165) is 19.5 Å². The summed E-state index contributed by atoms with van der Waals surface area (Å²) in [7, 11) is 0. The maximum atomic E-state index is 12.1. The van der Waals surface area contributed by atoms with Gasteiger partial charge in [0.25, 0.3) is 0 Å². The van der Waals surface area contributed by atoms with E-state index in [9.17, 15) is 4.79 Å². The highest BCUT2D eigenvalue weighted by Crippen LogP contribution is 2.41. The molecule has 1 aromatic rings. The molecule has 0 saturated carbocycles. The number of likely N-dealkylation sites (tertiary alicyclic amines) is 1. The fourth-order valence-electron chi connectivity index (χ4n) is 3.25. The van der Waals surface area contributed by atoms with Gasteiger partial charge < -0.3 is 9.64 Å². The molecule has 1 aliphatic heterocycles. The molecule has 0 bridgehead atoms. The van der Waals surface area contributed by atoms with Crippen molar-refractivity contribution in [3.63, 3.8) is 0 Å². The molecule has 120 valence electrons. The molecule has 1 aromatic carbocycles. The zero-order valence-corrected chi connectivity index (χ0v) is 13.0. The van der Waals surface area contributed by atoms with Crippen LogP contribution in [0.5, 0.6) is 0 Å². The van der Waals surface area contributed by atoms with E-state index in [1.54, 1.807) is 0 Å². The maximum Gasteiger partial charge on any atom is 0.410 e. The van der Waals surface area contributed by atoms with E-state index in [4.69, 9.17) is 4.74 Å². The number of benzene rings is 1. The lowest BCUT2D eigenvalue weighted by atomic mass is 9.98. The number of ether oxygens (including phenoxy) is 1. The third-order valence-corrected chi connectivity index (χ3v) is 4.19. The maximum absolute atomic E-state index is 12.1. The van der Waals surface area contributed by atoms with Gasteiger partial charge in [0.2, 0.25) is 0 Å². The topological polar surface area (TPSA) is 29.5 Å². The first-order chi connectivity index (χ1) is 9.92. The molecule has 0 aromatic heterocycles. The van der Waals surface area contributed by atoms with Crippen molar-refractivity contribution in [2.75, 3.05) is 13.1 Å². The van der Waals surface area contributed by atoms with Crippen molar-refractivity contribution in [3.8, 4) is 0 Å². The summed E-state index contributed by atoms with van der Waals surface area (Å²) in [6.45, 7) is 7.34. The summed E-state index contributed by atoms with van der Waals surface area (Å²) in [6, 6.07) is 10.5. The molecule has 1 aliphatic carbocycles. The Hall–Kier alpha value is -1.77. The predicted octanol–water partition coefficient (Wildman–Crippen LogP) is 4.59. The molecular weight excluding hydrogens is 274 g/mol. The Labute approximate surface area is 134 Å². The quantitative estimate of drug-likeness (QED) is 0.759. The van der Waals surface area contributed by atoms with Crippen LogP contribution >= 0.6 is 0 Å². The molecule has 0 N–H and O–H groups in total. The average molecular weight is 301 g/mol. The molecule has 2 aliphatic rings. The van der Waals surface area contributed by atoms with Gasteiger partial charge in [0.15, 0.2) is 0 Å². The molecule has 2 atom stereocenters. The highest BCUT2D eigenvalue weighted by Gasteiger charge is 2.39. The minimum absolute atomic E-state index is 0. The second kappa shape index (κ2) is 6.15. The van der Waals surface area contributed by atoms with Crippen molar-refractivity contribution in [1.82, 2.24) is 4.90 Å². The number of rotatable bonds is 1. The largest absolute Gasteiger partial charge is 0.444 e. The van der Waals surface area contributed by atoms with Gasteiger partial charge in [0, 0.05) is 13.1 Å². The highest BCUT2D eigenvalue weighted by molar-refractivity contribution is 5.71. The van der Waals surface area contributed by atoms with E-state index < -0.39 is 5.60 Å². The lowest BCUT2D eigenvalue weighted by molar-refractivity contribution is 0.0285. The summed E-state index contributed by atoms with van der Waals surface area (Å²) in [5.41, 5.74) is 2.32. The molecule has 1 heterocycles. The normalized spacial score (nSPS) is 23.6. The van der Waals surface area contributed by atoms with E-state index in [-0.39, 0.29) is 13.5 Å². The minimum atomic E-state index is -0.417. The van der Waals surface area contributed by atoms with Crippen LogP contribution in [0.25, 0.3) is 5.57 Å². The molecule has 2 unspecified atom stereocenters. The number of allylic oxidation sites excluding steroid dienone is 1. The summed E-state index contributed by atoms with van der Waals surface area (Å²) in [4.78, 5) is 14.0. The lowest BCUT2D eigenvalue weighted by Gasteiger charge is -2.24. The van der Waals surface area contributed by atoms with Crippen LogP contribution in [0.15, 0.2) is 36.4 Å². The summed E-state index contributed by atoms with van der Waals surface area (Å²) < 4.78 is 5.46. The molecule has 3 heteroatoms. The summed E-state index contributed by atoms with van der Waals surface area (Å²) in [5, 5.41) is 0. The first-order valence-corrected chi connectivity index (χ1v) is 7.66. The second-order valence-corrected chi connectivity index (χ2v) is 7.07. The van der Waals surface area contributed by atoms with Gasteiger partial charge in [-0.15, -0.1) is 0 Å². The Morgan fingerprint density at radius 3 is 2.45 bits per heavy atom. The third kappa shape index (κ3) is 3.52. The average Bonchev–Trinajstić information content (AvgIpc) is 2.95. The van der Waals surface area contributed by atoms with Crippen molar-refractivity contribution in [3.05, 3.63) is 42.0 Å². The summed E-state index contributed by atoms with van der Waals surface area (Å²) >= 11 is 0. The Morgan fingerprint density at radius 1 is 1.18 bits per heavy atom. The first kappa shape index (κ1) is 16.6. The van der Waals surface area contributed by atoms with Crippen molar-refractivity contribution >= 4 is 11.7 Å². The van der Waals surface area contributed by atoms with Crippen LogP contribution in [0.3, 0.4) is 0 Å². The molecule has 1 amide bonds.